The summed E-state index contributed by atoms with van der Waals surface area (Å²) in [5.74, 6) is 0. The number of carbonyl (C=O) groups excluding carboxylic acids is 1. The number of halogens is 1. The molecule has 1 aliphatic heterocycles. The van der Waals surface area contributed by atoms with Gasteiger partial charge in [-0.2, -0.15) is 0 Å². The van der Waals surface area contributed by atoms with Crippen LogP contribution in [0.1, 0.15) is 12.8 Å². The quantitative estimate of drug-likeness (QED) is 0.877. The number of amides is 1. The molecule has 0 bridgehead atoms. The second-order valence-corrected chi connectivity index (χ2v) is 6.49. The van der Waals surface area contributed by atoms with E-state index < -0.39 is 6.09 Å². The first-order valence-electron chi connectivity index (χ1n) is 8.12. The molecule has 24 heavy (non-hydrogen) atoms. The number of likely N-dealkylation sites (N-methyl/N-ethyl adjacent to an activating group) is 1. The van der Waals surface area contributed by atoms with Crippen molar-refractivity contribution in [3.05, 3.63) is 53.6 Å². The van der Waals surface area contributed by atoms with Gasteiger partial charge in [0.1, 0.15) is 6.61 Å². The molecular formula is C19H21ClN2O2. The highest BCUT2D eigenvalue weighted by Crippen LogP contribution is 2.29. The minimum Gasteiger partial charge on any atom is -0.448 e. The van der Waals surface area contributed by atoms with Crippen molar-refractivity contribution in [1.82, 2.24) is 4.90 Å². The lowest BCUT2D eigenvalue weighted by molar-refractivity contribution is 0.127. The van der Waals surface area contributed by atoms with E-state index in [1.165, 1.54) is 0 Å². The zero-order valence-electron chi connectivity index (χ0n) is 13.7. The van der Waals surface area contributed by atoms with E-state index in [9.17, 15) is 4.79 Å². The van der Waals surface area contributed by atoms with Crippen LogP contribution in [0.4, 0.5) is 10.5 Å². The van der Waals surface area contributed by atoms with Crippen LogP contribution in [0, 0.1) is 0 Å². The highest BCUT2D eigenvalue weighted by molar-refractivity contribution is 6.30. The van der Waals surface area contributed by atoms with Crippen molar-refractivity contribution in [3.63, 3.8) is 0 Å². The summed E-state index contributed by atoms with van der Waals surface area (Å²) in [5.41, 5.74) is 2.58. The summed E-state index contributed by atoms with van der Waals surface area (Å²) in [6.45, 7) is 1.48. The van der Waals surface area contributed by atoms with Gasteiger partial charge in [0.25, 0.3) is 0 Å². The van der Waals surface area contributed by atoms with Gasteiger partial charge in [-0.3, -0.25) is 5.32 Å². The zero-order chi connectivity index (χ0) is 16.9. The molecule has 0 unspecified atom stereocenters. The Morgan fingerprint density at radius 3 is 2.88 bits per heavy atom. The van der Waals surface area contributed by atoms with Crippen LogP contribution in [-0.4, -0.2) is 37.2 Å². The average Bonchev–Trinajstić information content (AvgIpc) is 2.98. The number of rotatable bonds is 4. The summed E-state index contributed by atoms with van der Waals surface area (Å²) in [7, 11) is 2.06. The summed E-state index contributed by atoms with van der Waals surface area (Å²) in [5, 5.41) is 3.51. The molecule has 5 heteroatoms. The fourth-order valence-corrected chi connectivity index (χ4v) is 3.20. The number of likely N-dealkylation sites (tertiary alicyclic amines) is 1. The highest BCUT2D eigenvalue weighted by Gasteiger charge is 2.22. The first-order chi connectivity index (χ1) is 11.6. The first kappa shape index (κ1) is 16.8. The number of hydrogen-bond acceptors (Lipinski definition) is 3. The lowest BCUT2D eigenvalue weighted by atomic mass is 10.0. The number of para-hydroxylation sites is 1. The summed E-state index contributed by atoms with van der Waals surface area (Å²) < 4.78 is 5.40. The predicted octanol–water partition coefficient (Wildman–Crippen LogP) is 4.65. The van der Waals surface area contributed by atoms with E-state index in [1.807, 2.05) is 48.5 Å². The Labute approximate surface area is 147 Å². The van der Waals surface area contributed by atoms with Crippen molar-refractivity contribution in [1.29, 1.82) is 0 Å². The monoisotopic (exact) mass is 344 g/mol. The van der Waals surface area contributed by atoms with Gasteiger partial charge in [-0.25, -0.2) is 4.79 Å². The summed E-state index contributed by atoms with van der Waals surface area (Å²) in [6.07, 6.45) is 1.80. The van der Waals surface area contributed by atoms with Gasteiger partial charge in [-0.1, -0.05) is 41.9 Å². The molecule has 1 heterocycles. The zero-order valence-corrected chi connectivity index (χ0v) is 14.4. The van der Waals surface area contributed by atoms with Gasteiger partial charge >= 0.3 is 6.09 Å². The van der Waals surface area contributed by atoms with E-state index in [2.05, 4.69) is 17.3 Å². The Morgan fingerprint density at radius 1 is 1.29 bits per heavy atom. The van der Waals surface area contributed by atoms with Crippen LogP contribution in [0.25, 0.3) is 11.1 Å². The molecule has 1 N–H and O–H groups in total. The summed E-state index contributed by atoms with van der Waals surface area (Å²) in [6, 6.07) is 15.5. The van der Waals surface area contributed by atoms with Gasteiger partial charge in [-0.15, -0.1) is 0 Å². The normalized spacial score (nSPS) is 17.7. The third-order valence-corrected chi connectivity index (χ3v) is 4.61. The third-order valence-electron chi connectivity index (χ3n) is 4.38. The molecule has 2 aromatic carbocycles. The molecular weight excluding hydrogens is 324 g/mol. The second kappa shape index (κ2) is 7.69. The number of hydrogen-bond donors (Lipinski definition) is 1. The predicted molar refractivity (Wildman–Crippen MR) is 97.5 cm³/mol. The van der Waals surface area contributed by atoms with Crippen LogP contribution in [0.5, 0.6) is 0 Å². The molecule has 4 nitrogen and oxygen atoms in total. The van der Waals surface area contributed by atoms with Gasteiger partial charge in [0.2, 0.25) is 0 Å². The molecule has 1 aliphatic rings. The van der Waals surface area contributed by atoms with Crippen molar-refractivity contribution in [2.45, 2.75) is 18.9 Å². The van der Waals surface area contributed by atoms with Gasteiger partial charge in [-0.05, 0) is 50.2 Å². The van der Waals surface area contributed by atoms with Crippen LogP contribution >= 0.6 is 11.6 Å². The molecule has 1 atom stereocenters. The number of nitrogens with zero attached hydrogens (tertiary/aromatic N) is 1. The second-order valence-electron chi connectivity index (χ2n) is 6.06. The van der Waals surface area contributed by atoms with Gasteiger partial charge in [0.15, 0.2) is 0 Å². The molecule has 0 aromatic heterocycles. The molecule has 1 amide bonds. The van der Waals surface area contributed by atoms with Crippen molar-refractivity contribution >= 4 is 23.4 Å². The van der Waals surface area contributed by atoms with Crippen LogP contribution in [0.3, 0.4) is 0 Å². The van der Waals surface area contributed by atoms with Gasteiger partial charge in [0, 0.05) is 16.6 Å². The van der Waals surface area contributed by atoms with Crippen molar-refractivity contribution in [3.8, 4) is 11.1 Å². The van der Waals surface area contributed by atoms with Crippen LogP contribution in [0.2, 0.25) is 5.02 Å². The Balaban J connectivity index is 1.68. The maximum atomic E-state index is 12.1. The molecule has 126 valence electrons. The third kappa shape index (κ3) is 4.08. The molecule has 3 rings (SSSR count). The SMILES string of the molecule is CN1CCC[C@H]1COC(=O)Nc1ccccc1-c1cccc(Cl)c1. The topological polar surface area (TPSA) is 41.6 Å². The van der Waals surface area contributed by atoms with Crippen molar-refractivity contribution in [2.24, 2.45) is 0 Å². The number of nitrogens with one attached hydrogen (secondary N) is 1. The Morgan fingerprint density at radius 2 is 2.12 bits per heavy atom. The Kier molecular flexibility index (Phi) is 5.38. The molecule has 2 aromatic rings. The molecule has 1 saturated heterocycles. The van der Waals surface area contributed by atoms with Crippen LogP contribution in [-0.2, 0) is 4.74 Å². The lowest BCUT2D eigenvalue weighted by Gasteiger charge is -2.19. The summed E-state index contributed by atoms with van der Waals surface area (Å²) >= 11 is 6.07. The molecule has 0 saturated carbocycles. The maximum Gasteiger partial charge on any atom is 0.411 e. The van der Waals surface area contributed by atoms with Crippen molar-refractivity contribution < 1.29 is 9.53 Å². The summed E-state index contributed by atoms with van der Waals surface area (Å²) in [4.78, 5) is 14.4. The smallest absolute Gasteiger partial charge is 0.411 e. The highest BCUT2D eigenvalue weighted by atomic mass is 35.5. The van der Waals surface area contributed by atoms with E-state index in [0.29, 0.717) is 23.4 Å². The first-order valence-corrected chi connectivity index (χ1v) is 8.50. The fourth-order valence-electron chi connectivity index (χ4n) is 3.01. The van der Waals surface area contributed by atoms with E-state index in [1.54, 1.807) is 0 Å². The fraction of sp³-hybridized carbons (Fsp3) is 0.316. The Hall–Kier alpha value is -2.04. The molecule has 0 aliphatic carbocycles. The molecule has 0 spiro atoms. The van der Waals surface area contributed by atoms with Gasteiger partial charge in [0.05, 0.1) is 5.69 Å². The Bertz CT molecular complexity index is 720. The molecule has 1 fully saturated rings. The van der Waals surface area contributed by atoms with Crippen LogP contribution < -0.4 is 5.32 Å². The minimum absolute atomic E-state index is 0.318. The van der Waals surface area contributed by atoms with Crippen molar-refractivity contribution in [2.75, 3.05) is 25.5 Å². The van der Waals surface area contributed by atoms with Gasteiger partial charge < -0.3 is 9.64 Å². The largest absolute Gasteiger partial charge is 0.448 e. The van der Waals surface area contributed by atoms with E-state index in [0.717, 1.165) is 30.5 Å². The lowest BCUT2D eigenvalue weighted by Crippen LogP contribution is -2.31. The molecule has 0 radical (unpaired) electrons. The van der Waals surface area contributed by atoms with E-state index in [4.69, 9.17) is 16.3 Å². The maximum absolute atomic E-state index is 12.1. The minimum atomic E-state index is -0.426. The number of carbonyl (C=O) groups is 1. The standard InChI is InChI=1S/C19H21ClN2O2/c1-22-11-5-8-16(22)13-24-19(23)21-18-10-3-2-9-17(18)14-6-4-7-15(20)12-14/h2-4,6-7,9-10,12,16H,5,8,11,13H2,1H3,(H,21,23)/t16-/m0/s1. The average molecular weight is 345 g/mol. The number of anilines is 1. The number of benzene rings is 2. The van der Waals surface area contributed by atoms with E-state index in [-0.39, 0.29) is 0 Å². The number of ether oxygens (including phenoxy) is 1. The van der Waals surface area contributed by atoms with E-state index >= 15 is 0 Å². The van der Waals surface area contributed by atoms with Crippen LogP contribution in [0.15, 0.2) is 48.5 Å².